The zero-order valence-corrected chi connectivity index (χ0v) is 14.2. The number of hydrogen-bond acceptors (Lipinski definition) is 2. The molecule has 0 saturated heterocycles. The van der Waals surface area contributed by atoms with Crippen LogP contribution < -0.4 is 10.1 Å². The Kier molecular flexibility index (Phi) is 6.37. The smallest absolute Gasteiger partial charge is 0.120 e. The highest BCUT2D eigenvalue weighted by Crippen LogP contribution is 2.29. The number of halogens is 1. The molecule has 0 heterocycles. The quantitative estimate of drug-likeness (QED) is 0.747. The van der Waals surface area contributed by atoms with E-state index in [0.717, 1.165) is 35.7 Å². The summed E-state index contributed by atoms with van der Waals surface area (Å²) >= 11 is 3.67. The van der Waals surface area contributed by atoms with Gasteiger partial charge in [0.05, 0.1) is 6.61 Å². The summed E-state index contributed by atoms with van der Waals surface area (Å²) in [5, 5.41) is 3.51. The molecule has 0 aromatic heterocycles. The minimum Gasteiger partial charge on any atom is -0.493 e. The molecule has 0 amide bonds. The van der Waals surface area contributed by atoms with Gasteiger partial charge < -0.3 is 10.1 Å². The molecule has 112 valence electrons. The van der Waals surface area contributed by atoms with E-state index >= 15 is 0 Å². The van der Waals surface area contributed by atoms with Crippen molar-refractivity contribution < 1.29 is 4.74 Å². The standard InChI is InChI=1S/C17H26BrNO/c1-3-10-19-13(2)16-9-8-15(11-17(16)18)20-12-14-6-4-5-7-14/h8-9,11,13-14,19H,3-7,10,12H2,1-2H3. The molecule has 1 atom stereocenters. The second kappa shape index (κ2) is 8.04. The molecule has 3 heteroatoms. The fourth-order valence-electron chi connectivity index (χ4n) is 2.81. The van der Waals surface area contributed by atoms with Crippen LogP contribution in [-0.4, -0.2) is 13.2 Å². The third-order valence-corrected chi connectivity index (χ3v) is 4.79. The fraction of sp³-hybridized carbons (Fsp3) is 0.647. The first-order valence-electron chi connectivity index (χ1n) is 7.86. The lowest BCUT2D eigenvalue weighted by molar-refractivity contribution is 0.252. The van der Waals surface area contributed by atoms with Crippen molar-refractivity contribution in [2.24, 2.45) is 5.92 Å². The van der Waals surface area contributed by atoms with Gasteiger partial charge >= 0.3 is 0 Å². The molecule has 1 aliphatic rings. The van der Waals surface area contributed by atoms with Crippen LogP contribution in [0.15, 0.2) is 22.7 Å². The highest BCUT2D eigenvalue weighted by atomic mass is 79.9. The molecule has 1 aliphatic carbocycles. The average molecular weight is 340 g/mol. The van der Waals surface area contributed by atoms with E-state index in [1.165, 1.54) is 31.2 Å². The number of benzene rings is 1. The van der Waals surface area contributed by atoms with Crippen LogP contribution in [0, 0.1) is 5.92 Å². The summed E-state index contributed by atoms with van der Waals surface area (Å²) in [6, 6.07) is 6.74. The SMILES string of the molecule is CCCNC(C)c1ccc(OCC2CCCC2)cc1Br. The van der Waals surface area contributed by atoms with Gasteiger partial charge in [0.2, 0.25) is 0 Å². The highest BCUT2D eigenvalue weighted by molar-refractivity contribution is 9.10. The molecule has 2 nitrogen and oxygen atoms in total. The van der Waals surface area contributed by atoms with Crippen molar-refractivity contribution in [2.75, 3.05) is 13.2 Å². The van der Waals surface area contributed by atoms with Gasteiger partial charge in [-0.2, -0.15) is 0 Å². The number of hydrogen-bond donors (Lipinski definition) is 1. The van der Waals surface area contributed by atoms with Crippen LogP contribution in [0.25, 0.3) is 0 Å². The maximum absolute atomic E-state index is 5.94. The van der Waals surface area contributed by atoms with Gasteiger partial charge in [-0.3, -0.25) is 0 Å². The summed E-state index contributed by atoms with van der Waals surface area (Å²) in [7, 11) is 0. The van der Waals surface area contributed by atoms with E-state index in [1.54, 1.807) is 0 Å². The summed E-state index contributed by atoms with van der Waals surface area (Å²) in [6.45, 7) is 6.31. The molecule has 1 fully saturated rings. The third-order valence-electron chi connectivity index (χ3n) is 4.10. The zero-order valence-electron chi connectivity index (χ0n) is 12.6. The van der Waals surface area contributed by atoms with E-state index in [4.69, 9.17) is 4.74 Å². The Labute approximate surface area is 131 Å². The van der Waals surface area contributed by atoms with E-state index in [1.807, 2.05) is 0 Å². The lowest BCUT2D eigenvalue weighted by Crippen LogP contribution is -2.19. The van der Waals surface area contributed by atoms with Crippen molar-refractivity contribution in [1.82, 2.24) is 5.32 Å². The number of rotatable bonds is 7. The van der Waals surface area contributed by atoms with Crippen molar-refractivity contribution in [3.63, 3.8) is 0 Å². The Morgan fingerprint density at radius 1 is 1.35 bits per heavy atom. The summed E-state index contributed by atoms with van der Waals surface area (Å²) in [5.74, 6) is 1.74. The molecule has 1 unspecified atom stereocenters. The first-order chi connectivity index (χ1) is 9.70. The minimum absolute atomic E-state index is 0.369. The van der Waals surface area contributed by atoms with Gasteiger partial charge in [-0.15, -0.1) is 0 Å². The monoisotopic (exact) mass is 339 g/mol. The van der Waals surface area contributed by atoms with Crippen molar-refractivity contribution in [3.8, 4) is 5.75 Å². The van der Waals surface area contributed by atoms with Crippen LogP contribution in [0.5, 0.6) is 5.75 Å². The van der Waals surface area contributed by atoms with Gasteiger partial charge in [-0.1, -0.05) is 41.8 Å². The van der Waals surface area contributed by atoms with Gasteiger partial charge in [0, 0.05) is 10.5 Å². The molecule has 20 heavy (non-hydrogen) atoms. The molecule has 0 bridgehead atoms. The Morgan fingerprint density at radius 2 is 2.10 bits per heavy atom. The summed E-state index contributed by atoms with van der Waals surface area (Å²) in [4.78, 5) is 0. The van der Waals surface area contributed by atoms with Gasteiger partial charge in [0.25, 0.3) is 0 Å². The first-order valence-corrected chi connectivity index (χ1v) is 8.65. The molecule has 1 aromatic rings. The van der Waals surface area contributed by atoms with Crippen LogP contribution in [0.1, 0.15) is 57.6 Å². The van der Waals surface area contributed by atoms with Crippen LogP contribution in [0.3, 0.4) is 0 Å². The topological polar surface area (TPSA) is 21.3 Å². The van der Waals surface area contributed by atoms with Gasteiger partial charge in [-0.25, -0.2) is 0 Å². The predicted octanol–water partition coefficient (Wildman–Crippen LogP) is 5.08. The maximum Gasteiger partial charge on any atom is 0.120 e. The Balaban J connectivity index is 1.90. The normalized spacial score (nSPS) is 17.4. The van der Waals surface area contributed by atoms with Crippen LogP contribution in [0.2, 0.25) is 0 Å². The Bertz CT molecular complexity index is 415. The van der Waals surface area contributed by atoms with Gasteiger partial charge in [0.15, 0.2) is 0 Å². The fourth-order valence-corrected chi connectivity index (χ4v) is 3.51. The minimum atomic E-state index is 0.369. The molecule has 1 saturated carbocycles. The largest absolute Gasteiger partial charge is 0.493 e. The first kappa shape index (κ1) is 15.8. The third kappa shape index (κ3) is 4.49. The van der Waals surface area contributed by atoms with Crippen LogP contribution in [-0.2, 0) is 0 Å². The molecule has 1 aromatic carbocycles. The molecular weight excluding hydrogens is 314 g/mol. The average Bonchev–Trinajstić information content (AvgIpc) is 2.96. The number of ether oxygens (including phenoxy) is 1. The summed E-state index contributed by atoms with van der Waals surface area (Å²) in [6.07, 6.45) is 6.56. The summed E-state index contributed by atoms with van der Waals surface area (Å²) < 4.78 is 7.07. The van der Waals surface area contributed by atoms with Crippen LogP contribution in [0.4, 0.5) is 0 Å². The molecule has 2 rings (SSSR count). The zero-order chi connectivity index (χ0) is 14.4. The van der Waals surface area contributed by atoms with E-state index in [-0.39, 0.29) is 0 Å². The molecule has 0 spiro atoms. The number of nitrogens with one attached hydrogen (secondary N) is 1. The van der Waals surface area contributed by atoms with Gasteiger partial charge in [0.1, 0.15) is 5.75 Å². The molecule has 0 aliphatic heterocycles. The van der Waals surface area contributed by atoms with E-state index in [9.17, 15) is 0 Å². The van der Waals surface area contributed by atoms with Crippen molar-refractivity contribution in [1.29, 1.82) is 0 Å². The second-order valence-corrected chi connectivity index (χ2v) is 6.67. The Morgan fingerprint density at radius 3 is 2.75 bits per heavy atom. The molecular formula is C17H26BrNO. The lowest BCUT2D eigenvalue weighted by Gasteiger charge is -2.17. The Hall–Kier alpha value is -0.540. The van der Waals surface area contributed by atoms with Crippen molar-refractivity contribution >= 4 is 15.9 Å². The van der Waals surface area contributed by atoms with Crippen molar-refractivity contribution in [2.45, 2.75) is 52.0 Å². The van der Waals surface area contributed by atoms with E-state index < -0.39 is 0 Å². The van der Waals surface area contributed by atoms with Gasteiger partial charge in [-0.05, 0) is 56.3 Å². The predicted molar refractivity (Wildman–Crippen MR) is 88.3 cm³/mol. The molecule has 1 N–H and O–H groups in total. The van der Waals surface area contributed by atoms with Crippen molar-refractivity contribution in [3.05, 3.63) is 28.2 Å². The summed E-state index contributed by atoms with van der Waals surface area (Å²) in [5.41, 5.74) is 1.30. The highest BCUT2D eigenvalue weighted by Gasteiger charge is 2.16. The van der Waals surface area contributed by atoms with E-state index in [2.05, 4.69) is 53.3 Å². The van der Waals surface area contributed by atoms with E-state index in [0.29, 0.717) is 6.04 Å². The maximum atomic E-state index is 5.94. The molecule has 0 radical (unpaired) electrons. The van der Waals surface area contributed by atoms with Crippen LogP contribution >= 0.6 is 15.9 Å². The second-order valence-electron chi connectivity index (χ2n) is 5.82. The lowest BCUT2D eigenvalue weighted by atomic mass is 10.1.